The highest BCUT2D eigenvalue weighted by Gasteiger charge is 2.36. The van der Waals surface area contributed by atoms with Crippen molar-refractivity contribution in [2.24, 2.45) is 0 Å². The van der Waals surface area contributed by atoms with E-state index in [0.29, 0.717) is 12.8 Å². The number of amides is 1. The van der Waals surface area contributed by atoms with Crippen LogP contribution in [0.5, 0.6) is 0 Å². The van der Waals surface area contributed by atoms with Crippen LogP contribution in [0.4, 0.5) is 0 Å². The number of aryl methyl sites for hydroxylation is 1. The van der Waals surface area contributed by atoms with Gasteiger partial charge in [-0.25, -0.2) is 0 Å². The number of nitrogens with one attached hydrogen (secondary N) is 1. The zero-order valence-electron chi connectivity index (χ0n) is 9.17. The molecule has 4 heteroatoms. The Labute approximate surface area is 104 Å². The molecular formula is C12H16BrNO2. The van der Waals surface area contributed by atoms with Crippen molar-refractivity contribution in [3.8, 4) is 0 Å². The molecule has 1 amide bonds. The molecule has 0 atom stereocenters. The molecule has 1 aromatic rings. The minimum atomic E-state index is 0.0280. The van der Waals surface area contributed by atoms with Gasteiger partial charge in [-0.3, -0.25) is 4.79 Å². The standard InChI is InChI=1S/C12H16BrNO2/c13-9-12(6-2-7-12)14-11(15)5-4-10-3-1-8-16-10/h1,3,8H,2,4-7,9H2,(H,14,15). The molecule has 0 unspecified atom stereocenters. The Balaban J connectivity index is 1.76. The van der Waals surface area contributed by atoms with E-state index in [1.807, 2.05) is 12.1 Å². The molecule has 0 bridgehead atoms. The summed E-state index contributed by atoms with van der Waals surface area (Å²) in [7, 11) is 0. The van der Waals surface area contributed by atoms with Gasteiger partial charge in [0.1, 0.15) is 5.76 Å². The summed E-state index contributed by atoms with van der Waals surface area (Å²) in [6.07, 6.45) is 6.21. The van der Waals surface area contributed by atoms with Crippen LogP contribution in [-0.2, 0) is 11.2 Å². The van der Waals surface area contributed by atoms with E-state index in [0.717, 1.165) is 23.9 Å². The first kappa shape index (κ1) is 11.7. The lowest BCUT2D eigenvalue weighted by molar-refractivity contribution is -0.123. The second kappa shape index (κ2) is 5.04. The maximum absolute atomic E-state index is 11.7. The monoisotopic (exact) mass is 285 g/mol. The second-order valence-electron chi connectivity index (χ2n) is 4.40. The van der Waals surface area contributed by atoms with Crippen molar-refractivity contribution in [2.45, 2.75) is 37.6 Å². The average Bonchev–Trinajstić information content (AvgIpc) is 2.73. The molecule has 1 aliphatic carbocycles. The first-order chi connectivity index (χ1) is 7.74. The van der Waals surface area contributed by atoms with Crippen LogP contribution in [0.25, 0.3) is 0 Å². The van der Waals surface area contributed by atoms with Gasteiger partial charge in [-0.15, -0.1) is 0 Å². The predicted molar refractivity (Wildman–Crippen MR) is 65.5 cm³/mol. The summed E-state index contributed by atoms with van der Waals surface area (Å²) in [6, 6.07) is 3.75. The lowest BCUT2D eigenvalue weighted by Gasteiger charge is -2.41. The smallest absolute Gasteiger partial charge is 0.220 e. The quantitative estimate of drug-likeness (QED) is 0.845. The van der Waals surface area contributed by atoms with Gasteiger partial charge < -0.3 is 9.73 Å². The van der Waals surface area contributed by atoms with Crippen LogP contribution in [0, 0.1) is 0 Å². The molecule has 1 aromatic heterocycles. The third-order valence-corrected chi connectivity index (χ3v) is 4.22. The molecule has 16 heavy (non-hydrogen) atoms. The third kappa shape index (κ3) is 2.67. The van der Waals surface area contributed by atoms with Gasteiger partial charge in [0.25, 0.3) is 0 Å². The number of furan rings is 1. The second-order valence-corrected chi connectivity index (χ2v) is 4.96. The first-order valence-electron chi connectivity index (χ1n) is 5.63. The molecule has 0 radical (unpaired) electrons. The highest BCUT2D eigenvalue weighted by Crippen LogP contribution is 2.33. The van der Waals surface area contributed by atoms with Crippen LogP contribution in [0.3, 0.4) is 0 Å². The maximum Gasteiger partial charge on any atom is 0.220 e. The minimum Gasteiger partial charge on any atom is -0.469 e. The van der Waals surface area contributed by atoms with Crippen molar-refractivity contribution in [3.05, 3.63) is 24.2 Å². The number of carbonyl (C=O) groups excluding carboxylic acids is 1. The van der Waals surface area contributed by atoms with Crippen molar-refractivity contribution in [2.75, 3.05) is 5.33 Å². The summed E-state index contributed by atoms with van der Waals surface area (Å²) < 4.78 is 5.19. The van der Waals surface area contributed by atoms with E-state index < -0.39 is 0 Å². The van der Waals surface area contributed by atoms with Gasteiger partial charge in [0, 0.05) is 23.7 Å². The SMILES string of the molecule is O=C(CCc1ccco1)NC1(CBr)CCC1. The van der Waals surface area contributed by atoms with Crippen molar-refractivity contribution in [3.63, 3.8) is 0 Å². The molecule has 3 nitrogen and oxygen atoms in total. The summed E-state index contributed by atoms with van der Waals surface area (Å²) in [6.45, 7) is 0. The zero-order chi connectivity index (χ0) is 11.4. The number of hydrogen-bond donors (Lipinski definition) is 1. The minimum absolute atomic E-state index is 0.0280. The van der Waals surface area contributed by atoms with Crippen LogP contribution < -0.4 is 5.32 Å². The summed E-state index contributed by atoms with van der Waals surface area (Å²) in [4.78, 5) is 11.7. The Morgan fingerprint density at radius 2 is 2.38 bits per heavy atom. The van der Waals surface area contributed by atoms with E-state index >= 15 is 0 Å². The molecule has 0 aromatic carbocycles. The summed E-state index contributed by atoms with van der Waals surface area (Å²) >= 11 is 3.47. The fraction of sp³-hybridized carbons (Fsp3) is 0.583. The highest BCUT2D eigenvalue weighted by molar-refractivity contribution is 9.09. The molecule has 0 spiro atoms. The van der Waals surface area contributed by atoms with E-state index in [2.05, 4.69) is 21.2 Å². The van der Waals surface area contributed by atoms with Crippen LogP contribution in [0.2, 0.25) is 0 Å². The fourth-order valence-corrected chi connectivity index (χ4v) is 2.65. The molecule has 1 aliphatic rings. The third-order valence-electron chi connectivity index (χ3n) is 3.15. The van der Waals surface area contributed by atoms with Crippen molar-refractivity contribution in [1.29, 1.82) is 0 Å². The zero-order valence-corrected chi connectivity index (χ0v) is 10.8. The largest absolute Gasteiger partial charge is 0.469 e. The van der Waals surface area contributed by atoms with Gasteiger partial charge in [-0.2, -0.15) is 0 Å². The molecule has 2 rings (SSSR count). The molecule has 0 aliphatic heterocycles. The Morgan fingerprint density at radius 3 is 2.88 bits per heavy atom. The van der Waals surface area contributed by atoms with Crippen molar-refractivity contribution >= 4 is 21.8 Å². The molecule has 0 saturated heterocycles. The van der Waals surface area contributed by atoms with Crippen LogP contribution in [-0.4, -0.2) is 16.8 Å². The van der Waals surface area contributed by atoms with E-state index in [1.54, 1.807) is 6.26 Å². The van der Waals surface area contributed by atoms with E-state index in [1.165, 1.54) is 6.42 Å². The lowest BCUT2D eigenvalue weighted by Crippen LogP contribution is -2.54. The molecule has 1 saturated carbocycles. The molecule has 88 valence electrons. The van der Waals surface area contributed by atoms with Gasteiger partial charge in [0.2, 0.25) is 5.91 Å². The van der Waals surface area contributed by atoms with Crippen LogP contribution in [0.15, 0.2) is 22.8 Å². The van der Waals surface area contributed by atoms with E-state index in [9.17, 15) is 4.79 Å². The molecule has 1 fully saturated rings. The van der Waals surface area contributed by atoms with Gasteiger partial charge in [-0.05, 0) is 31.4 Å². The van der Waals surface area contributed by atoms with Gasteiger partial charge in [0.05, 0.1) is 6.26 Å². The Bertz CT molecular complexity index is 338. The Kier molecular flexibility index (Phi) is 3.69. The van der Waals surface area contributed by atoms with Gasteiger partial charge in [0.15, 0.2) is 0 Å². The summed E-state index contributed by atoms with van der Waals surface area (Å²) in [5, 5.41) is 3.97. The molecule has 1 N–H and O–H groups in total. The average molecular weight is 286 g/mol. The number of rotatable bonds is 5. The Hall–Kier alpha value is -0.770. The molecular weight excluding hydrogens is 270 g/mol. The first-order valence-corrected chi connectivity index (χ1v) is 6.76. The summed E-state index contributed by atoms with van der Waals surface area (Å²) in [5.41, 5.74) is 0.0280. The van der Waals surface area contributed by atoms with E-state index in [-0.39, 0.29) is 11.4 Å². The number of hydrogen-bond acceptors (Lipinski definition) is 2. The van der Waals surface area contributed by atoms with Gasteiger partial charge in [-0.1, -0.05) is 15.9 Å². The van der Waals surface area contributed by atoms with Crippen molar-refractivity contribution < 1.29 is 9.21 Å². The lowest BCUT2D eigenvalue weighted by atomic mass is 9.78. The van der Waals surface area contributed by atoms with Crippen LogP contribution >= 0.6 is 15.9 Å². The predicted octanol–water partition coefficient (Wildman–Crippen LogP) is 2.65. The van der Waals surface area contributed by atoms with E-state index in [4.69, 9.17) is 4.42 Å². The maximum atomic E-state index is 11.7. The van der Waals surface area contributed by atoms with Crippen LogP contribution in [0.1, 0.15) is 31.4 Å². The normalized spacial score (nSPS) is 17.8. The van der Waals surface area contributed by atoms with Crippen molar-refractivity contribution in [1.82, 2.24) is 5.32 Å². The fourth-order valence-electron chi connectivity index (χ4n) is 1.95. The number of carbonyl (C=O) groups is 1. The Morgan fingerprint density at radius 1 is 1.56 bits per heavy atom. The summed E-state index contributed by atoms with van der Waals surface area (Å²) in [5.74, 6) is 0.993. The number of halogens is 1. The topological polar surface area (TPSA) is 42.2 Å². The molecule has 1 heterocycles. The highest BCUT2D eigenvalue weighted by atomic mass is 79.9. The number of alkyl halides is 1. The van der Waals surface area contributed by atoms with Gasteiger partial charge >= 0.3 is 0 Å².